The number of likely N-dealkylation sites (tertiary alicyclic amines) is 1. The molecular weight excluding hydrogens is 280 g/mol. The number of aliphatic hydroxyl groups is 1. The number of hydrogen-bond acceptors (Lipinski definition) is 4. The maximum atomic E-state index is 12.4. The van der Waals surface area contributed by atoms with Crippen LogP contribution in [-0.2, 0) is 4.74 Å². The Kier molecular flexibility index (Phi) is 3.95. The molecule has 22 heavy (non-hydrogen) atoms. The zero-order valence-electron chi connectivity index (χ0n) is 13.3. The van der Waals surface area contributed by atoms with Crippen molar-refractivity contribution in [1.29, 1.82) is 0 Å². The van der Waals surface area contributed by atoms with Crippen LogP contribution in [0.1, 0.15) is 48.7 Å². The second-order valence-corrected chi connectivity index (χ2v) is 6.83. The number of ether oxygens (including phenoxy) is 1. The summed E-state index contributed by atoms with van der Waals surface area (Å²) in [5.74, 6) is -0.00859. The molecular formula is C17H24N2O3. The molecule has 1 unspecified atom stereocenters. The van der Waals surface area contributed by atoms with Crippen molar-refractivity contribution in [2.45, 2.75) is 50.7 Å². The summed E-state index contributed by atoms with van der Waals surface area (Å²) in [6.07, 6.45) is 5.11. The predicted octanol–water partition coefficient (Wildman–Crippen LogP) is 1.93. The highest BCUT2D eigenvalue weighted by Gasteiger charge is 2.55. The van der Waals surface area contributed by atoms with Crippen molar-refractivity contribution in [3.8, 4) is 0 Å². The molecule has 2 fully saturated rings. The first kappa shape index (κ1) is 15.4. The number of hydrogen-bond donors (Lipinski definition) is 1. The van der Waals surface area contributed by atoms with Crippen LogP contribution in [0.4, 0.5) is 0 Å². The highest BCUT2D eigenvalue weighted by molar-refractivity contribution is 5.94. The number of rotatable bonds is 4. The molecule has 1 N–H and O–H groups in total. The molecule has 0 radical (unpaired) electrons. The van der Waals surface area contributed by atoms with Gasteiger partial charge in [0.2, 0.25) is 0 Å². The fraction of sp³-hybridized carbons (Fsp3) is 0.647. The van der Waals surface area contributed by atoms with Gasteiger partial charge < -0.3 is 14.7 Å². The molecule has 1 spiro atoms. The fourth-order valence-electron chi connectivity index (χ4n) is 3.43. The maximum Gasteiger partial charge on any atom is 0.255 e. The summed E-state index contributed by atoms with van der Waals surface area (Å²) in [7, 11) is 0. The number of pyridine rings is 1. The summed E-state index contributed by atoms with van der Waals surface area (Å²) >= 11 is 0. The van der Waals surface area contributed by atoms with E-state index >= 15 is 0 Å². The van der Waals surface area contributed by atoms with Crippen LogP contribution in [0.5, 0.6) is 0 Å². The first-order chi connectivity index (χ1) is 10.5. The van der Waals surface area contributed by atoms with E-state index in [0.717, 1.165) is 25.0 Å². The quantitative estimate of drug-likeness (QED) is 0.923. The average Bonchev–Trinajstić information content (AvgIpc) is 2.83. The zero-order chi connectivity index (χ0) is 15.8. The van der Waals surface area contributed by atoms with Gasteiger partial charge in [-0.3, -0.25) is 9.78 Å². The van der Waals surface area contributed by atoms with Gasteiger partial charge in [-0.05, 0) is 25.5 Å². The molecule has 0 aromatic carbocycles. The molecule has 2 aliphatic heterocycles. The lowest BCUT2D eigenvalue weighted by molar-refractivity contribution is -0.0956. The summed E-state index contributed by atoms with van der Waals surface area (Å²) < 4.78 is 5.86. The summed E-state index contributed by atoms with van der Waals surface area (Å²) in [6, 6.07) is 3.65. The highest BCUT2D eigenvalue weighted by atomic mass is 16.5. The van der Waals surface area contributed by atoms with Crippen LogP contribution >= 0.6 is 0 Å². The monoisotopic (exact) mass is 304 g/mol. The molecule has 3 heterocycles. The van der Waals surface area contributed by atoms with Gasteiger partial charge in [0.05, 0.1) is 30.9 Å². The van der Waals surface area contributed by atoms with Crippen molar-refractivity contribution in [3.63, 3.8) is 0 Å². The van der Waals surface area contributed by atoms with Gasteiger partial charge in [-0.25, -0.2) is 0 Å². The van der Waals surface area contributed by atoms with E-state index in [1.54, 1.807) is 11.1 Å². The molecule has 0 saturated carbocycles. The van der Waals surface area contributed by atoms with E-state index in [1.165, 1.54) is 0 Å². The van der Waals surface area contributed by atoms with E-state index in [1.807, 2.05) is 19.1 Å². The third-order valence-electron chi connectivity index (χ3n) is 4.70. The Morgan fingerprint density at radius 2 is 2.23 bits per heavy atom. The molecule has 1 aromatic heterocycles. The lowest BCUT2D eigenvalue weighted by atomic mass is 9.82. The van der Waals surface area contributed by atoms with Crippen LogP contribution in [-0.4, -0.2) is 51.8 Å². The number of carbonyl (C=O) groups excluding carboxylic acids is 1. The molecule has 1 aromatic rings. The number of unbranched alkanes of at least 4 members (excludes halogenated alkanes) is 1. The average molecular weight is 304 g/mol. The summed E-state index contributed by atoms with van der Waals surface area (Å²) in [4.78, 5) is 18.3. The molecule has 0 bridgehead atoms. The first-order valence-corrected chi connectivity index (χ1v) is 8.04. The normalized spacial score (nSPS) is 26.2. The minimum atomic E-state index is -0.712. The molecule has 5 nitrogen and oxygen atoms in total. The van der Waals surface area contributed by atoms with Crippen LogP contribution in [0.2, 0.25) is 0 Å². The van der Waals surface area contributed by atoms with Crippen molar-refractivity contribution >= 4 is 5.91 Å². The Morgan fingerprint density at radius 1 is 1.45 bits per heavy atom. The molecule has 1 amide bonds. The minimum Gasteiger partial charge on any atom is -0.387 e. The van der Waals surface area contributed by atoms with Gasteiger partial charge >= 0.3 is 0 Å². The highest BCUT2D eigenvalue weighted by Crippen LogP contribution is 2.42. The van der Waals surface area contributed by atoms with E-state index in [-0.39, 0.29) is 11.5 Å². The van der Waals surface area contributed by atoms with Crippen LogP contribution < -0.4 is 0 Å². The van der Waals surface area contributed by atoms with Gasteiger partial charge in [-0.2, -0.15) is 0 Å². The molecule has 0 aliphatic carbocycles. The smallest absolute Gasteiger partial charge is 0.255 e. The summed E-state index contributed by atoms with van der Waals surface area (Å²) in [5, 5.41) is 10.6. The number of amides is 1. The molecule has 3 rings (SSSR count). The second-order valence-electron chi connectivity index (χ2n) is 6.83. The predicted molar refractivity (Wildman–Crippen MR) is 82.7 cm³/mol. The molecule has 5 heteroatoms. The van der Waals surface area contributed by atoms with E-state index in [9.17, 15) is 9.90 Å². The first-order valence-electron chi connectivity index (χ1n) is 8.04. The largest absolute Gasteiger partial charge is 0.387 e. The van der Waals surface area contributed by atoms with Gasteiger partial charge in [0, 0.05) is 18.3 Å². The van der Waals surface area contributed by atoms with Gasteiger partial charge in [0.15, 0.2) is 0 Å². The number of aryl methyl sites for hydroxylation is 1. The maximum absolute atomic E-state index is 12.4. The van der Waals surface area contributed by atoms with E-state index in [0.29, 0.717) is 31.7 Å². The van der Waals surface area contributed by atoms with Gasteiger partial charge in [0.1, 0.15) is 5.60 Å². The fourth-order valence-corrected chi connectivity index (χ4v) is 3.43. The molecule has 1 atom stereocenters. The third-order valence-corrected chi connectivity index (χ3v) is 4.70. The standard InChI is InChI=1S/C17H24N2O3/c1-3-4-7-16(21)9-17(22-12-16)10-19(11-17)15(20)14-6-5-13(2)18-8-14/h5-6,8,21H,3-4,7,9-12H2,1-2H3. The minimum absolute atomic E-state index is 0.00859. The van der Waals surface area contributed by atoms with Crippen molar-refractivity contribution in [2.24, 2.45) is 0 Å². The van der Waals surface area contributed by atoms with Crippen LogP contribution in [0.15, 0.2) is 18.3 Å². The van der Waals surface area contributed by atoms with E-state index in [4.69, 9.17) is 4.74 Å². The lowest BCUT2D eigenvalue weighted by Gasteiger charge is -2.47. The number of aromatic nitrogens is 1. The Morgan fingerprint density at radius 3 is 2.86 bits per heavy atom. The van der Waals surface area contributed by atoms with Crippen molar-refractivity contribution < 1.29 is 14.6 Å². The zero-order valence-corrected chi connectivity index (χ0v) is 13.3. The van der Waals surface area contributed by atoms with Gasteiger partial charge in [-0.1, -0.05) is 19.8 Å². The van der Waals surface area contributed by atoms with Crippen LogP contribution in [0.3, 0.4) is 0 Å². The van der Waals surface area contributed by atoms with Gasteiger partial charge in [0.25, 0.3) is 5.91 Å². The van der Waals surface area contributed by atoms with Crippen LogP contribution in [0, 0.1) is 6.92 Å². The van der Waals surface area contributed by atoms with Crippen molar-refractivity contribution in [3.05, 3.63) is 29.6 Å². The van der Waals surface area contributed by atoms with Crippen LogP contribution in [0.25, 0.3) is 0 Å². The SMILES string of the molecule is CCCCC1(O)COC2(CN(C(=O)c3ccc(C)nc3)C2)C1. The molecule has 120 valence electrons. The summed E-state index contributed by atoms with van der Waals surface area (Å²) in [5.41, 5.74) is 0.462. The Balaban J connectivity index is 1.58. The third kappa shape index (κ3) is 2.88. The lowest BCUT2D eigenvalue weighted by Crippen LogP contribution is -2.63. The van der Waals surface area contributed by atoms with Gasteiger partial charge in [-0.15, -0.1) is 0 Å². The van der Waals surface area contributed by atoms with E-state index in [2.05, 4.69) is 11.9 Å². The Labute approximate surface area is 131 Å². The topological polar surface area (TPSA) is 62.7 Å². The second kappa shape index (κ2) is 5.63. The number of carbonyl (C=O) groups is 1. The van der Waals surface area contributed by atoms with Crippen molar-refractivity contribution in [2.75, 3.05) is 19.7 Å². The molecule has 2 saturated heterocycles. The Hall–Kier alpha value is -1.46. The molecule has 2 aliphatic rings. The Bertz CT molecular complexity index is 552. The van der Waals surface area contributed by atoms with Crippen molar-refractivity contribution in [1.82, 2.24) is 9.88 Å². The number of nitrogens with zero attached hydrogens (tertiary/aromatic N) is 2. The van der Waals surface area contributed by atoms with E-state index < -0.39 is 5.60 Å². The summed E-state index contributed by atoms with van der Waals surface area (Å²) in [6.45, 7) is 5.54.